The van der Waals surface area contributed by atoms with Gasteiger partial charge in [0.25, 0.3) is 0 Å². The Balaban J connectivity index is 1.38. The van der Waals surface area contributed by atoms with Crippen molar-refractivity contribution in [2.75, 3.05) is 46.0 Å². The minimum Gasteiger partial charge on any atom is -0.492 e. The molecule has 0 unspecified atom stereocenters. The lowest BCUT2D eigenvalue weighted by Crippen LogP contribution is -2.38. The molecule has 2 aromatic carbocycles. The van der Waals surface area contributed by atoms with E-state index in [-0.39, 0.29) is 0 Å². The number of benzene rings is 2. The highest BCUT2D eigenvalue weighted by Gasteiger charge is 2.09. The number of nitrogens with one attached hydrogen (secondary N) is 1. The summed E-state index contributed by atoms with van der Waals surface area (Å²) in [4.78, 5) is 6.79. The maximum atomic E-state index is 5.98. The van der Waals surface area contributed by atoms with Crippen LogP contribution in [-0.2, 0) is 17.7 Å². The molecule has 150 valence electrons. The zero-order valence-corrected chi connectivity index (χ0v) is 16.3. The third-order valence-electron chi connectivity index (χ3n) is 4.67. The molecule has 2 aromatic rings. The summed E-state index contributed by atoms with van der Waals surface area (Å²) in [6, 6.07) is 18.4. The van der Waals surface area contributed by atoms with Crippen LogP contribution in [0.15, 0.2) is 59.6 Å². The summed E-state index contributed by atoms with van der Waals surface area (Å²) in [5.41, 5.74) is 8.34. The summed E-state index contributed by atoms with van der Waals surface area (Å²) in [5.74, 6) is 1.34. The first-order valence-electron chi connectivity index (χ1n) is 9.89. The smallest absolute Gasteiger partial charge is 0.188 e. The molecule has 6 heteroatoms. The van der Waals surface area contributed by atoms with Gasteiger partial charge in [0, 0.05) is 26.2 Å². The number of hydrogen-bond donors (Lipinski definition) is 2. The minimum absolute atomic E-state index is 0.467. The van der Waals surface area contributed by atoms with Gasteiger partial charge in [0.1, 0.15) is 12.4 Å². The average molecular weight is 383 g/mol. The molecule has 1 saturated heterocycles. The van der Waals surface area contributed by atoms with E-state index in [4.69, 9.17) is 15.2 Å². The molecule has 3 rings (SSSR count). The second-order valence-electron chi connectivity index (χ2n) is 6.81. The van der Waals surface area contributed by atoms with Gasteiger partial charge in [0.2, 0.25) is 0 Å². The first-order valence-corrected chi connectivity index (χ1v) is 9.89. The van der Waals surface area contributed by atoms with Crippen molar-refractivity contribution < 1.29 is 9.47 Å². The van der Waals surface area contributed by atoms with Gasteiger partial charge in [-0.05, 0) is 29.7 Å². The minimum atomic E-state index is 0.467. The first-order chi connectivity index (χ1) is 13.8. The molecule has 0 spiro atoms. The van der Waals surface area contributed by atoms with Crippen LogP contribution in [0.2, 0.25) is 0 Å². The van der Waals surface area contributed by atoms with E-state index in [0.717, 1.165) is 57.1 Å². The number of morpholine rings is 1. The Morgan fingerprint density at radius 1 is 1.07 bits per heavy atom. The van der Waals surface area contributed by atoms with Gasteiger partial charge in [-0.3, -0.25) is 4.90 Å². The predicted octanol–water partition coefficient (Wildman–Crippen LogP) is 2.04. The van der Waals surface area contributed by atoms with Crippen LogP contribution in [0.5, 0.6) is 5.75 Å². The predicted molar refractivity (Wildman–Crippen MR) is 113 cm³/mol. The summed E-state index contributed by atoms with van der Waals surface area (Å²) in [7, 11) is 0. The Kier molecular flexibility index (Phi) is 8.15. The van der Waals surface area contributed by atoms with Crippen LogP contribution < -0.4 is 15.8 Å². The third kappa shape index (κ3) is 7.21. The molecule has 0 saturated carbocycles. The fourth-order valence-electron chi connectivity index (χ4n) is 3.06. The maximum Gasteiger partial charge on any atom is 0.188 e. The zero-order valence-electron chi connectivity index (χ0n) is 16.3. The molecule has 1 aliphatic heterocycles. The van der Waals surface area contributed by atoms with Gasteiger partial charge in [-0.15, -0.1) is 0 Å². The Labute approximate surface area is 167 Å². The van der Waals surface area contributed by atoms with Crippen LogP contribution in [0.3, 0.4) is 0 Å². The van der Waals surface area contributed by atoms with Crippen LogP contribution in [0, 0.1) is 0 Å². The topological polar surface area (TPSA) is 72.1 Å². The van der Waals surface area contributed by atoms with Gasteiger partial charge in [-0.1, -0.05) is 42.5 Å². The van der Waals surface area contributed by atoms with Crippen molar-refractivity contribution >= 4 is 5.96 Å². The number of guanidine groups is 1. The molecule has 28 heavy (non-hydrogen) atoms. The highest BCUT2D eigenvalue weighted by atomic mass is 16.5. The molecule has 0 atom stereocenters. The number of ether oxygens (including phenoxy) is 2. The van der Waals surface area contributed by atoms with Gasteiger partial charge in [0.05, 0.1) is 19.8 Å². The van der Waals surface area contributed by atoms with Crippen molar-refractivity contribution in [3.05, 3.63) is 65.7 Å². The van der Waals surface area contributed by atoms with Gasteiger partial charge >= 0.3 is 0 Å². The summed E-state index contributed by atoms with van der Waals surface area (Å²) in [6.07, 6.45) is 0.920. The number of nitrogens with two attached hydrogens (primary N) is 1. The SMILES string of the molecule is NC(=NCc1cccc(OCCN2CCOCC2)c1)NCCc1ccccc1. The summed E-state index contributed by atoms with van der Waals surface area (Å²) in [6.45, 7) is 6.49. The molecule has 0 aliphatic carbocycles. The Morgan fingerprint density at radius 2 is 1.86 bits per heavy atom. The third-order valence-corrected chi connectivity index (χ3v) is 4.67. The van der Waals surface area contributed by atoms with Gasteiger partial charge < -0.3 is 20.5 Å². The molecule has 0 amide bonds. The highest BCUT2D eigenvalue weighted by molar-refractivity contribution is 5.77. The molecule has 3 N–H and O–H groups in total. The van der Waals surface area contributed by atoms with Crippen LogP contribution >= 0.6 is 0 Å². The van der Waals surface area contributed by atoms with E-state index in [2.05, 4.69) is 27.3 Å². The fourth-order valence-corrected chi connectivity index (χ4v) is 3.06. The first kappa shape index (κ1) is 20.2. The normalized spacial score (nSPS) is 15.4. The van der Waals surface area contributed by atoms with Crippen molar-refractivity contribution in [3.63, 3.8) is 0 Å². The molecular formula is C22H30N4O2. The second kappa shape index (κ2) is 11.3. The number of rotatable bonds is 9. The fraction of sp³-hybridized carbons (Fsp3) is 0.409. The van der Waals surface area contributed by atoms with Crippen LogP contribution in [0.1, 0.15) is 11.1 Å². The van der Waals surface area contributed by atoms with E-state index >= 15 is 0 Å². The van der Waals surface area contributed by atoms with E-state index in [1.807, 2.05) is 42.5 Å². The lowest BCUT2D eigenvalue weighted by atomic mass is 10.1. The number of aliphatic imine (C=N–C) groups is 1. The molecule has 6 nitrogen and oxygen atoms in total. The van der Waals surface area contributed by atoms with E-state index in [1.54, 1.807) is 0 Å². The molecule has 1 heterocycles. The monoisotopic (exact) mass is 382 g/mol. The van der Waals surface area contributed by atoms with E-state index in [0.29, 0.717) is 19.1 Å². The van der Waals surface area contributed by atoms with E-state index in [1.165, 1.54) is 5.56 Å². The van der Waals surface area contributed by atoms with Gasteiger partial charge in [0.15, 0.2) is 5.96 Å². The maximum absolute atomic E-state index is 5.98. The molecule has 1 aliphatic rings. The molecule has 0 aromatic heterocycles. The van der Waals surface area contributed by atoms with Crippen molar-refractivity contribution in [1.82, 2.24) is 10.2 Å². The number of hydrogen-bond acceptors (Lipinski definition) is 4. The Hall–Kier alpha value is -2.57. The van der Waals surface area contributed by atoms with Crippen molar-refractivity contribution in [2.24, 2.45) is 10.7 Å². The van der Waals surface area contributed by atoms with Gasteiger partial charge in [-0.2, -0.15) is 0 Å². The molecule has 0 radical (unpaired) electrons. The van der Waals surface area contributed by atoms with Crippen LogP contribution in [0.25, 0.3) is 0 Å². The second-order valence-corrected chi connectivity index (χ2v) is 6.81. The Bertz CT molecular complexity index is 730. The standard InChI is InChI=1S/C22H30N4O2/c23-22(24-10-9-19-5-2-1-3-6-19)25-18-20-7-4-8-21(17-20)28-16-13-26-11-14-27-15-12-26/h1-8,17H,9-16,18H2,(H3,23,24,25). The Morgan fingerprint density at radius 3 is 2.68 bits per heavy atom. The van der Waals surface area contributed by atoms with Crippen LogP contribution in [0.4, 0.5) is 0 Å². The van der Waals surface area contributed by atoms with E-state index in [9.17, 15) is 0 Å². The summed E-state index contributed by atoms with van der Waals surface area (Å²) < 4.78 is 11.3. The molecule has 0 bridgehead atoms. The molecular weight excluding hydrogens is 352 g/mol. The van der Waals surface area contributed by atoms with E-state index < -0.39 is 0 Å². The average Bonchev–Trinajstić information content (AvgIpc) is 2.74. The van der Waals surface area contributed by atoms with Crippen molar-refractivity contribution in [1.29, 1.82) is 0 Å². The lowest BCUT2D eigenvalue weighted by molar-refractivity contribution is 0.0322. The zero-order chi connectivity index (χ0) is 19.4. The molecule has 1 fully saturated rings. The largest absolute Gasteiger partial charge is 0.492 e. The summed E-state index contributed by atoms with van der Waals surface area (Å²) >= 11 is 0. The summed E-state index contributed by atoms with van der Waals surface area (Å²) in [5, 5.41) is 3.17. The van der Waals surface area contributed by atoms with Gasteiger partial charge in [-0.25, -0.2) is 4.99 Å². The van der Waals surface area contributed by atoms with Crippen LogP contribution in [-0.4, -0.2) is 56.9 Å². The van der Waals surface area contributed by atoms with Crippen molar-refractivity contribution in [2.45, 2.75) is 13.0 Å². The lowest BCUT2D eigenvalue weighted by Gasteiger charge is -2.26. The quantitative estimate of drug-likeness (QED) is 0.513. The number of nitrogens with zero attached hydrogens (tertiary/aromatic N) is 2. The highest BCUT2D eigenvalue weighted by Crippen LogP contribution is 2.14. The van der Waals surface area contributed by atoms with Crippen molar-refractivity contribution in [3.8, 4) is 5.75 Å².